The third kappa shape index (κ3) is 7.50. The summed E-state index contributed by atoms with van der Waals surface area (Å²) < 4.78 is 5.36. The molecule has 0 unspecified atom stereocenters. The van der Waals surface area contributed by atoms with Crippen LogP contribution >= 0.6 is 12.2 Å². The maximum absolute atomic E-state index is 5.36. The first kappa shape index (κ1) is 19.8. The normalized spacial score (nSPS) is 15.8. The minimum Gasteiger partial charge on any atom is -0.370 e. The van der Waals surface area contributed by atoms with Crippen molar-refractivity contribution in [2.24, 2.45) is 5.10 Å². The van der Waals surface area contributed by atoms with Crippen molar-refractivity contribution in [3.63, 3.8) is 0 Å². The molecule has 138 valence electrons. The van der Waals surface area contributed by atoms with Crippen molar-refractivity contribution in [2.45, 2.75) is 33.1 Å². The molecule has 0 aliphatic carbocycles. The Kier molecular flexibility index (Phi) is 8.86. The molecule has 0 atom stereocenters. The molecule has 0 radical (unpaired) electrons. The van der Waals surface area contributed by atoms with E-state index in [1.807, 2.05) is 6.92 Å². The number of morpholine rings is 1. The van der Waals surface area contributed by atoms with Crippen LogP contribution < -0.4 is 15.6 Å². The lowest BCUT2D eigenvalue weighted by Crippen LogP contribution is -3.14. The molecular weight excluding hydrogens is 332 g/mol. The summed E-state index contributed by atoms with van der Waals surface area (Å²) in [6.45, 7) is 9.98. The second kappa shape index (κ2) is 11.2. The van der Waals surface area contributed by atoms with E-state index in [4.69, 9.17) is 17.0 Å². The highest BCUT2D eigenvalue weighted by atomic mass is 32.1. The summed E-state index contributed by atoms with van der Waals surface area (Å²) in [6, 6.07) is 8.63. The summed E-state index contributed by atoms with van der Waals surface area (Å²) >= 11 is 5.29. The molecule has 5 nitrogen and oxygen atoms in total. The highest BCUT2D eigenvalue weighted by Gasteiger charge is 2.12. The first-order valence-corrected chi connectivity index (χ1v) is 9.68. The fourth-order valence-electron chi connectivity index (χ4n) is 2.80. The quantitative estimate of drug-likeness (QED) is 0.368. The van der Waals surface area contributed by atoms with Crippen LogP contribution in [0.4, 0.5) is 0 Å². The highest BCUT2D eigenvalue weighted by molar-refractivity contribution is 7.80. The standard InChI is InChI=1S/C19H30N4OS/c1-3-4-5-17-6-8-18(9-7-17)16(2)21-22-19(25)20-10-11-23-12-14-24-15-13-23/h6-9H,3-5,10-15H2,1-2H3,(H2,20,22,25)/p+1/b21-16-. The van der Waals surface area contributed by atoms with Crippen LogP contribution in [-0.2, 0) is 11.2 Å². The molecule has 1 fully saturated rings. The average Bonchev–Trinajstić information content (AvgIpc) is 2.65. The number of hydrogen-bond acceptors (Lipinski definition) is 3. The Labute approximate surface area is 156 Å². The van der Waals surface area contributed by atoms with Gasteiger partial charge in [-0.1, -0.05) is 37.6 Å². The van der Waals surface area contributed by atoms with Crippen LogP contribution in [0.15, 0.2) is 29.4 Å². The summed E-state index contributed by atoms with van der Waals surface area (Å²) in [7, 11) is 0. The highest BCUT2D eigenvalue weighted by Crippen LogP contribution is 2.08. The molecule has 1 saturated heterocycles. The SMILES string of the molecule is CCCCc1ccc(/C(C)=N\NC(=S)NCC[NH+]2CCOCC2)cc1. The molecule has 0 bridgehead atoms. The molecule has 1 aliphatic heterocycles. The van der Waals surface area contributed by atoms with E-state index in [-0.39, 0.29) is 0 Å². The summed E-state index contributed by atoms with van der Waals surface area (Å²) in [4.78, 5) is 1.56. The lowest BCUT2D eigenvalue weighted by Gasteiger charge is -2.23. The number of hydrazone groups is 1. The zero-order chi connectivity index (χ0) is 17.9. The lowest BCUT2D eigenvalue weighted by atomic mass is 10.0. The molecule has 0 saturated carbocycles. The number of quaternary nitrogens is 1. The lowest BCUT2D eigenvalue weighted by molar-refractivity contribution is -0.906. The van der Waals surface area contributed by atoms with Crippen molar-refractivity contribution in [3.8, 4) is 0 Å². The fraction of sp³-hybridized carbons (Fsp3) is 0.579. The number of thiocarbonyl (C=S) groups is 1. The molecule has 0 amide bonds. The number of benzene rings is 1. The molecule has 1 aliphatic rings. The summed E-state index contributed by atoms with van der Waals surface area (Å²) in [6.07, 6.45) is 3.61. The van der Waals surface area contributed by atoms with E-state index >= 15 is 0 Å². The predicted molar refractivity (Wildman–Crippen MR) is 107 cm³/mol. The van der Waals surface area contributed by atoms with Crippen molar-refractivity contribution < 1.29 is 9.64 Å². The van der Waals surface area contributed by atoms with Gasteiger partial charge >= 0.3 is 0 Å². The third-order valence-corrected chi connectivity index (χ3v) is 4.72. The number of nitrogens with zero attached hydrogens (tertiary/aromatic N) is 1. The van der Waals surface area contributed by atoms with E-state index in [2.05, 4.69) is 47.0 Å². The molecule has 0 spiro atoms. The van der Waals surface area contributed by atoms with Crippen LogP contribution in [0.3, 0.4) is 0 Å². The molecule has 2 rings (SSSR count). The van der Waals surface area contributed by atoms with Gasteiger partial charge in [0, 0.05) is 0 Å². The number of rotatable bonds is 8. The Morgan fingerprint density at radius 2 is 1.96 bits per heavy atom. The van der Waals surface area contributed by atoms with E-state index in [0.717, 1.165) is 57.1 Å². The van der Waals surface area contributed by atoms with Crippen LogP contribution in [0.25, 0.3) is 0 Å². The van der Waals surface area contributed by atoms with Crippen LogP contribution in [0.1, 0.15) is 37.8 Å². The third-order valence-electron chi connectivity index (χ3n) is 4.48. The summed E-state index contributed by atoms with van der Waals surface area (Å²) in [5.74, 6) is 0. The van der Waals surface area contributed by atoms with Crippen LogP contribution in [0.2, 0.25) is 0 Å². The number of nitrogens with one attached hydrogen (secondary N) is 3. The van der Waals surface area contributed by atoms with Gasteiger partial charge in [0.05, 0.1) is 32.0 Å². The maximum Gasteiger partial charge on any atom is 0.187 e. The van der Waals surface area contributed by atoms with Gasteiger partial charge in [-0.3, -0.25) is 5.43 Å². The van der Waals surface area contributed by atoms with Gasteiger partial charge < -0.3 is 15.0 Å². The molecular formula is C19H31N4OS+. The van der Waals surface area contributed by atoms with E-state index in [9.17, 15) is 0 Å². The first-order valence-electron chi connectivity index (χ1n) is 9.27. The number of unbranched alkanes of at least 4 members (excludes halogenated alkanes) is 1. The fourth-order valence-corrected chi connectivity index (χ4v) is 2.94. The van der Waals surface area contributed by atoms with Crippen molar-refractivity contribution in [1.29, 1.82) is 0 Å². The summed E-state index contributed by atoms with van der Waals surface area (Å²) in [5.41, 5.74) is 6.38. The Bertz CT molecular complexity index is 553. The van der Waals surface area contributed by atoms with Crippen molar-refractivity contribution >= 4 is 23.0 Å². The van der Waals surface area contributed by atoms with Crippen LogP contribution in [-0.4, -0.2) is 50.2 Å². The molecule has 6 heteroatoms. The smallest absolute Gasteiger partial charge is 0.187 e. The van der Waals surface area contributed by atoms with E-state index in [0.29, 0.717) is 5.11 Å². The van der Waals surface area contributed by atoms with Crippen molar-refractivity contribution in [3.05, 3.63) is 35.4 Å². The zero-order valence-electron chi connectivity index (χ0n) is 15.4. The monoisotopic (exact) mass is 363 g/mol. The minimum atomic E-state index is 0.576. The Morgan fingerprint density at radius 1 is 1.24 bits per heavy atom. The van der Waals surface area contributed by atoms with Gasteiger partial charge in [0.15, 0.2) is 5.11 Å². The minimum absolute atomic E-state index is 0.576. The first-order chi connectivity index (χ1) is 12.2. The van der Waals surface area contributed by atoms with Crippen molar-refractivity contribution in [1.82, 2.24) is 10.7 Å². The van der Waals surface area contributed by atoms with Gasteiger partial charge in [0.1, 0.15) is 13.1 Å². The van der Waals surface area contributed by atoms with Gasteiger partial charge in [-0.2, -0.15) is 5.10 Å². The zero-order valence-corrected chi connectivity index (χ0v) is 16.3. The van der Waals surface area contributed by atoms with E-state index in [1.54, 1.807) is 4.90 Å². The van der Waals surface area contributed by atoms with E-state index in [1.165, 1.54) is 18.4 Å². The maximum atomic E-state index is 5.36. The number of ether oxygens (including phenoxy) is 1. The Balaban J connectivity index is 1.70. The molecule has 3 N–H and O–H groups in total. The second-order valence-corrected chi connectivity index (χ2v) is 6.89. The van der Waals surface area contributed by atoms with Gasteiger partial charge in [-0.05, 0) is 43.1 Å². The van der Waals surface area contributed by atoms with Gasteiger partial charge in [-0.25, -0.2) is 0 Å². The van der Waals surface area contributed by atoms with Crippen LogP contribution in [0.5, 0.6) is 0 Å². The van der Waals surface area contributed by atoms with Gasteiger partial charge in [-0.15, -0.1) is 0 Å². The molecule has 1 aromatic carbocycles. The van der Waals surface area contributed by atoms with Crippen molar-refractivity contribution in [2.75, 3.05) is 39.4 Å². The summed E-state index contributed by atoms with van der Waals surface area (Å²) in [5, 5.41) is 8.18. The van der Waals surface area contributed by atoms with Gasteiger partial charge in [0.2, 0.25) is 0 Å². The molecule has 1 heterocycles. The second-order valence-electron chi connectivity index (χ2n) is 6.48. The van der Waals surface area contributed by atoms with Gasteiger partial charge in [0.25, 0.3) is 0 Å². The molecule has 1 aromatic rings. The number of hydrogen-bond donors (Lipinski definition) is 3. The van der Waals surface area contributed by atoms with Crippen LogP contribution in [0, 0.1) is 0 Å². The largest absolute Gasteiger partial charge is 0.370 e. The number of aryl methyl sites for hydroxylation is 1. The average molecular weight is 364 g/mol. The Morgan fingerprint density at radius 3 is 2.64 bits per heavy atom. The predicted octanol–water partition coefficient (Wildman–Crippen LogP) is 1.13. The topological polar surface area (TPSA) is 50.1 Å². The Hall–Kier alpha value is -1.50. The van der Waals surface area contributed by atoms with E-state index < -0.39 is 0 Å². The molecule has 0 aromatic heterocycles. The molecule has 25 heavy (non-hydrogen) atoms.